The Bertz CT molecular complexity index is 587. The monoisotopic (exact) mass is 365 g/mol. The molecular formula is C13H11BrF3NO3. The normalized spacial score (nSPS) is 15.6. The van der Waals surface area contributed by atoms with Gasteiger partial charge in [-0.3, -0.25) is 4.79 Å². The van der Waals surface area contributed by atoms with E-state index in [2.05, 4.69) is 15.9 Å². The van der Waals surface area contributed by atoms with E-state index in [1.165, 1.54) is 0 Å². The van der Waals surface area contributed by atoms with E-state index >= 15 is 0 Å². The second-order valence-corrected chi connectivity index (χ2v) is 5.32. The molecule has 0 aromatic heterocycles. The van der Waals surface area contributed by atoms with Gasteiger partial charge in [-0.25, -0.2) is 0 Å². The molecule has 114 valence electrons. The van der Waals surface area contributed by atoms with Gasteiger partial charge in [0.2, 0.25) is 0 Å². The van der Waals surface area contributed by atoms with E-state index in [1.54, 1.807) is 24.3 Å². The molecule has 2 rings (SSSR count). The van der Waals surface area contributed by atoms with Crippen molar-refractivity contribution in [2.75, 3.05) is 13.2 Å². The third-order valence-corrected chi connectivity index (χ3v) is 3.30. The molecule has 1 aromatic carbocycles. The van der Waals surface area contributed by atoms with Crippen molar-refractivity contribution >= 4 is 27.9 Å². The molecule has 1 aromatic rings. The van der Waals surface area contributed by atoms with Crippen molar-refractivity contribution in [2.45, 2.75) is 12.3 Å². The topological polar surface area (TPSA) is 58.6 Å². The number of carbonyl (C=O) groups excluding carboxylic acids is 1. The predicted octanol–water partition coefficient (Wildman–Crippen LogP) is 2.26. The second kappa shape index (κ2) is 6.07. The van der Waals surface area contributed by atoms with Gasteiger partial charge >= 0.3 is 6.18 Å². The summed E-state index contributed by atoms with van der Waals surface area (Å²) in [5.74, 6) is -0.117. The van der Waals surface area contributed by atoms with Crippen LogP contribution in [0, 0.1) is 0 Å². The van der Waals surface area contributed by atoms with Gasteiger partial charge in [0.1, 0.15) is 12.4 Å². The lowest BCUT2D eigenvalue weighted by Crippen LogP contribution is -2.41. The van der Waals surface area contributed by atoms with Crippen LogP contribution < -0.4 is 10.1 Å². The Morgan fingerprint density at radius 1 is 1.48 bits per heavy atom. The average Bonchev–Trinajstić information content (AvgIpc) is 2.42. The zero-order valence-corrected chi connectivity index (χ0v) is 12.2. The lowest BCUT2D eigenvalue weighted by molar-refractivity contribution is -0.201. The highest BCUT2D eigenvalue weighted by Crippen LogP contribution is 2.29. The highest BCUT2D eigenvalue weighted by Gasteiger charge is 2.38. The van der Waals surface area contributed by atoms with Gasteiger partial charge in [0.15, 0.2) is 6.10 Å². The molecule has 4 nitrogen and oxygen atoms in total. The van der Waals surface area contributed by atoms with E-state index in [0.717, 1.165) is 4.47 Å². The van der Waals surface area contributed by atoms with Crippen LogP contribution in [0.4, 0.5) is 13.2 Å². The van der Waals surface area contributed by atoms with Crippen molar-refractivity contribution in [1.82, 2.24) is 5.32 Å². The fourth-order valence-corrected chi connectivity index (χ4v) is 2.08. The molecule has 0 spiro atoms. The van der Waals surface area contributed by atoms with Crippen molar-refractivity contribution in [3.8, 4) is 5.75 Å². The molecule has 0 aliphatic carbocycles. The number of aliphatic hydroxyl groups is 1. The van der Waals surface area contributed by atoms with Gasteiger partial charge in [-0.15, -0.1) is 0 Å². The van der Waals surface area contributed by atoms with Gasteiger partial charge in [-0.05, 0) is 24.3 Å². The number of nitrogens with one attached hydrogen (secondary N) is 1. The summed E-state index contributed by atoms with van der Waals surface area (Å²) in [6.45, 7) is -0.937. The Morgan fingerprint density at radius 3 is 2.86 bits per heavy atom. The smallest absolute Gasteiger partial charge is 0.416 e. The van der Waals surface area contributed by atoms with Gasteiger partial charge in [0.25, 0.3) is 5.91 Å². The fourth-order valence-electron chi connectivity index (χ4n) is 1.70. The van der Waals surface area contributed by atoms with Crippen molar-refractivity contribution in [3.05, 3.63) is 33.8 Å². The minimum Gasteiger partial charge on any atom is -0.488 e. The number of rotatable bonds is 3. The summed E-state index contributed by atoms with van der Waals surface area (Å²) >= 11 is 3.28. The van der Waals surface area contributed by atoms with Crippen LogP contribution in [0.3, 0.4) is 0 Å². The molecule has 1 amide bonds. The zero-order valence-electron chi connectivity index (χ0n) is 10.6. The van der Waals surface area contributed by atoms with E-state index in [-0.39, 0.29) is 12.2 Å². The molecule has 8 heteroatoms. The molecule has 1 atom stereocenters. The molecule has 1 aliphatic heterocycles. The first-order valence-corrected chi connectivity index (χ1v) is 6.72. The van der Waals surface area contributed by atoms with E-state index < -0.39 is 24.7 Å². The van der Waals surface area contributed by atoms with Crippen molar-refractivity contribution in [2.24, 2.45) is 0 Å². The fraction of sp³-hybridized carbons (Fsp3) is 0.308. The standard InChI is InChI=1S/C13H11BrF3NO3/c14-9-1-2-10-7(4-9)3-8(6-21-10)12(20)18-5-11(19)13(15,16)17/h1-4,11,19H,5-6H2,(H,18,20). The average molecular weight is 366 g/mol. The Morgan fingerprint density at radius 2 is 2.19 bits per heavy atom. The number of fused-ring (bicyclic) bond motifs is 1. The Hall–Kier alpha value is -1.54. The Kier molecular flexibility index (Phi) is 4.58. The molecule has 2 N–H and O–H groups in total. The van der Waals surface area contributed by atoms with Gasteiger partial charge in [0.05, 0.1) is 12.1 Å². The largest absolute Gasteiger partial charge is 0.488 e. The number of hydrogen-bond acceptors (Lipinski definition) is 3. The molecule has 1 unspecified atom stereocenters. The van der Waals surface area contributed by atoms with Crippen LogP contribution in [0.1, 0.15) is 5.56 Å². The van der Waals surface area contributed by atoms with Crippen LogP contribution in [0.15, 0.2) is 28.2 Å². The van der Waals surface area contributed by atoms with Crippen LogP contribution in [-0.4, -0.2) is 36.4 Å². The van der Waals surface area contributed by atoms with E-state index in [9.17, 15) is 18.0 Å². The number of halogens is 4. The summed E-state index contributed by atoms with van der Waals surface area (Å²) in [4.78, 5) is 11.8. The number of aliphatic hydroxyl groups excluding tert-OH is 1. The molecule has 0 bridgehead atoms. The maximum atomic E-state index is 12.1. The molecular weight excluding hydrogens is 355 g/mol. The number of amides is 1. The lowest BCUT2D eigenvalue weighted by atomic mass is 10.1. The highest BCUT2D eigenvalue weighted by molar-refractivity contribution is 9.10. The lowest BCUT2D eigenvalue weighted by Gasteiger charge is -2.19. The summed E-state index contributed by atoms with van der Waals surface area (Å²) in [5, 5.41) is 10.9. The van der Waals surface area contributed by atoms with Gasteiger partial charge in [-0.1, -0.05) is 15.9 Å². The maximum absolute atomic E-state index is 12.1. The van der Waals surface area contributed by atoms with Crippen molar-refractivity contribution in [3.63, 3.8) is 0 Å². The number of hydrogen-bond donors (Lipinski definition) is 2. The first kappa shape index (κ1) is 15.8. The summed E-state index contributed by atoms with van der Waals surface area (Å²) < 4.78 is 42.6. The Labute approximate surface area is 126 Å². The minimum atomic E-state index is -4.76. The van der Waals surface area contributed by atoms with E-state index in [0.29, 0.717) is 11.3 Å². The highest BCUT2D eigenvalue weighted by atomic mass is 79.9. The summed E-state index contributed by atoms with van der Waals surface area (Å²) in [7, 11) is 0. The van der Waals surface area contributed by atoms with Crippen molar-refractivity contribution in [1.29, 1.82) is 0 Å². The first-order valence-electron chi connectivity index (χ1n) is 5.93. The zero-order chi connectivity index (χ0) is 15.6. The third-order valence-electron chi connectivity index (χ3n) is 2.81. The maximum Gasteiger partial charge on any atom is 0.416 e. The molecule has 1 aliphatic rings. The summed E-state index contributed by atoms with van der Waals surface area (Å²) in [6, 6.07) is 5.22. The quantitative estimate of drug-likeness (QED) is 0.863. The number of ether oxygens (including phenoxy) is 1. The van der Waals surface area contributed by atoms with Crippen LogP contribution in [-0.2, 0) is 4.79 Å². The SMILES string of the molecule is O=C(NCC(O)C(F)(F)F)C1=Cc2cc(Br)ccc2OC1. The van der Waals surface area contributed by atoms with Crippen LogP contribution in [0.5, 0.6) is 5.75 Å². The third kappa shape index (κ3) is 3.98. The Balaban J connectivity index is 2.04. The molecule has 0 saturated heterocycles. The number of carbonyl (C=O) groups is 1. The summed E-state index contributed by atoms with van der Waals surface area (Å²) in [5.41, 5.74) is 0.840. The first-order chi connectivity index (χ1) is 9.77. The predicted molar refractivity (Wildman–Crippen MR) is 72.7 cm³/mol. The number of alkyl halides is 3. The minimum absolute atomic E-state index is 0.0391. The molecule has 0 fully saturated rings. The molecule has 0 saturated carbocycles. The van der Waals surface area contributed by atoms with Gasteiger partial charge in [0, 0.05) is 10.0 Å². The second-order valence-electron chi connectivity index (χ2n) is 4.41. The number of benzene rings is 1. The van der Waals surface area contributed by atoms with Crippen LogP contribution >= 0.6 is 15.9 Å². The van der Waals surface area contributed by atoms with E-state index in [4.69, 9.17) is 9.84 Å². The van der Waals surface area contributed by atoms with Gasteiger partial charge in [-0.2, -0.15) is 13.2 Å². The molecule has 1 heterocycles. The molecule has 21 heavy (non-hydrogen) atoms. The van der Waals surface area contributed by atoms with Crippen molar-refractivity contribution < 1.29 is 27.8 Å². The summed E-state index contributed by atoms with van der Waals surface area (Å²) in [6.07, 6.45) is -5.81. The van der Waals surface area contributed by atoms with Gasteiger partial charge < -0.3 is 15.2 Å². The van der Waals surface area contributed by atoms with Crippen LogP contribution in [0.25, 0.3) is 6.08 Å². The van der Waals surface area contributed by atoms with E-state index in [1.807, 2.05) is 5.32 Å². The molecule has 0 radical (unpaired) electrons. The van der Waals surface area contributed by atoms with Crippen LogP contribution in [0.2, 0.25) is 0 Å².